The number of methoxy groups -OCH3 is 1. The monoisotopic (exact) mass is 320 g/mol. The van der Waals surface area contributed by atoms with Crippen LogP contribution in [0.4, 0.5) is 0 Å². The molecule has 0 unspecified atom stereocenters. The Morgan fingerprint density at radius 3 is 2.52 bits per heavy atom. The molecule has 2 heterocycles. The summed E-state index contributed by atoms with van der Waals surface area (Å²) in [6, 6.07) is 0.353. The van der Waals surface area contributed by atoms with Crippen LogP contribution in [0, 0.1) is 5.92 Å². The molecule has 2 fully saturated rings. The first-order chi connectivity index (χ1) is 11.3. The number of amides is 1. The second-order valence-electron chi connectivity index (χ2n) is 6.87. The zero-order valence-electron chi connectivity index (χ0n) is 14.1. The maximum atomic E-state index is 12.7. The van der Waals surface area contributed by atoms with E-state index in [1.807, 2.05) is 10.9 Å². The van der Waals surface area contributed by atoms with Crippen LogP contribution in [0.25, 0.3) is 0 Å². The molecule has 0 N–H and O–H groups in total. The van der Waals surface area contributed by atoms with Gasteiger partial charge in [0.1, 0.15) is 5.69 Å². The highest BCUT2D eigenvalue weighted by atomic mass is 16.5. The van der Waals surface area contributed by atoms with E-state index in [2.05, 4.69) is 15.2 Å². The minimum atomic E-state index is 0.272. The van der Waals surface area contributed by atoms with Crippen molar-refractivity contribution in [1.82, 2.24) is 19.9 Å². The van der Waals surface area contributed by atoms with Crippen molar-refractivity contribution in [3.63, 3.8) is 0 Å². The van der Waals surface area contributed by atoms with E-state index in [0.29, 0.717) is 18.6 Å². The summed E-state index contributed by atoms with van der Waals surface area (Å²) in [6.45, 7) is 2.19. The number of ether oxygens (including phenoxy) is 1. The fraction of sp³-hybridized carbons (Fsp3) is 0.824. The smallest absolute Gasteiger partial charge is 0.225 e. The van der Waals surface area contributed by atoms with E-state index in [1.54, 1.807) is 7.11 Å². The van der Waals surface area contributed by atoms with Gasteiger partial charge in [-0.05, 0) is 25.7 Å². The second kappa shape index (κ2) is 7.90. The minimum absolute atomic E-state index is 0.272. The van der Waals surface area contributed by atoms with Crippen LogP contribution in [0.2, 0.25) is 0 Å². The van der Waals surface area contributed by atoms with E-state index in [1.165, 1.54) is 25.7 Å². The third-order valence-corrected chi connectivity index (χ3v) is 5.20. The summed E-state index contributed by atoms with van der Waals surface area (Å²) in [4.78, 5) is 14.8. The van der Waals surface area contributed by atoms with Crippen LogP contribution in [0.1, 0.15) is 63.1 Å². The predicted molar refractivity (Wildman–Crippen MR) is 86.8 cm³/mol. The fourth-order valence-corrected chi connectivity index (χ4v) is 3.84. The molecule has 2 aliphatic rings. The first-order valence-corrected chi connectivity index (χ1v) is 8.96. The number of carbonyl (C=O) groups excluding carboxylic acids is 1. The molecule has 1 saturated heterocycles. The molecule has 0 bridgehead atoms. The first kappa shape index (κ1) is 16.4. The first-order valence-electron chi connectivity index (χ1n) is 8.96. The fourth-order valence-electron chi connectivity index (χ4n) is 3.84. The molecule has 1 amide bonds. The normalized spacial score (nSPS) is 21.3. The van der Waals surface area contributed by atoms with Gasteiger partial charge in [-0.3, -0.25) is 4.79 Å². The van der Waals surface area contributed by atoms with E-state index in [0.717, 1.165) is 44.5 Å². The van der Waals surface area contributed by atoms with Crippen LogP contribution in [0.3, 0.4) is 0 Å². The molecule has 1 aliphatic carbocycles. The maximum Gasteiger partial charge on any atom is 0.225 e. The molecule has 1 aliphatic heterocycles. The average molecular weight is 320 g/mol. The summed E-state index contributed by atoms with van der Waals surface area (Å²) in [5, 5.41) is 8.34. The third-order valence-electron chi connectivity index (χ3n) is 5.20. The van der Waals surface area contributed by atoms with E-state index < -0.39 is 0 Å². The highest BCUT2D eigenvalue weighted by Crippen LogP contribution is 2.28. The number of hydrogen-bond donors (Lipinski definition) is 0. The van der Waals surface area contributed by atoms with Crippen molar-refractivity contribution < 1.29 is 9.53 Å². The zero-order valence-corrected chi connectivity index (χ0v) is 14.1. The average Bonchev–Trinajstić information content (AvgIpc) is 2.88. The van der Waals surface area contributed by atoms with Crippen LogP contribution in [0.5, 0.6) is 0 Å². The molecular weight excluding hydrogens is 292 g/mol. The van der Waals surface area contributed by atoms with Gasteiger partial charge in [0.15, 0.2) is 0 Å². The Kier molecular flexibility index (Phi) is 5.65. The molecule has 23 heavy (non-hydrogen) atoms. The maximum absolute atomic E-state index is 12.7. The molecule has 6 heteroatoms. The molecule has 0 radical (unpaired) electrons. The quantitative estimate of drug-likeness (QED) is 0.800. The molecule has 0 spiro atoms. The van der Waals surface area contributed by atoms with Gasteiger partial charge in [-0.1, -0.05) is 30.9 Å². The number of piperidine rings is 1. The molecule has 0 aromatic carbocycles. The highest BCUT2D eigenvalue weighted by molar-refractivity contribution is 5.78. The molecule has 128 valence electrons. The van der Waals surface area contributed by atoms with Crippen molar-refractivity contribution in [2.75, 3.05) is 20.2 Å². The number of hydrogen-bond acceptors (Lipinski definition) is 4. The molecule has 6 nitrogen and oxygen atoms in total. The van der Waals surface area contributed by atoms with Crippen molar-refractivity contribution in [3.05, 3.63) is 11.9 Å². The van der Waals surface area contributed by atoms with Gasteiger partial charge in [0.25, 0.3) is 0 Å². The van der Waals surface area contributed by atoms with E-state index in [-0.39, 0.29) is 5.92 Å². The Bertz CT molecular complexity index is 500. The van der Waals surface area contributed by atoms with Crippen molar-refractivity contribution in [2.45, 2.75) is 64.0 Å². The number of rotatable bonds is 4. The van der Waals surface area contributed by atoms with E-state index in [9.17, 15) is 4.79 Å². The summed E-state index contributed by atoms with van der Waals surface area (Å²) in [5.74, 6) is 0.665. The second-order valence-corrected chi connectivity index (χ2v) is 6.87. The molecule has 3 rings (SSSR count). The van der Waals surface area contributed by atoms with Crippen molar-refractivity contribution >= 4 is 5.91 Å². The summed E-state index contributed by atoms with van der Waals surface area (Å²) in [7, 11) is 1.66. The van der Waals surface area contributed by atoms with Crippen molar-refractivity contribution in [2.24, 2.45) is 5.92 Å². The standard InChI is InChI=1S/C17H28N4O2/c1-23-13-15-12-21(19-18-15)16-8-10-20(11-9-16)17(22)14-6-4-2-3-5-7-14/h12,14,16H,2-11,13H2,1H3. The van der Waals surface area contributed by atoms with Crippen molar-refractivity contribution in [1.29, 1.82) is 0 Å². The van der Waals surface area contributed by atoms with Gasteiger partial charge in [0.2, 0.25) is 5.91 Å². The third kappa shape index (κ3) is 4.10. The molecule has 1 aromatic rings. The Hall–Kier alpha value is -1.43. The topological polar surface area (TPSA) is 60.2 Å². The number of nitrogens with zero attached hydrogens (tertiary/aromatic N) is 4. The van der Waals surface area contributed by atoms with Gasteiger partial charge in [-0.2, -0.15) is 0 Å². The van der Waals surface area contributed by atoms with Gasteiger partial charge in [-0.25, -0.2) is 4.68 Å². The van der Waals surface area contributed by atoms with E-state index >= 15 is 0 Å². The van der Waals surface area contributed by atoms with Gasteiger partial charge in [-0.15, -0.1) is 5.10 Å². The van der Waals surface area contributed by atoms with Crippen LogP contribution in [-0.2, 0) is 16.1 Å². The summed E-state index contributed by atoms with van der Waals surface area (Å²) >= 11 is 0. The van der Waals surface area contributed by atoms with Gasteiger partial charge < -0.3 is 9.64 Å². The van der Waals surface area contributed by atoms with E-state index in [4.69, 9.17) is 4.74 Å². The SMILES string of the molecule is COCc1cn(C2CCN(C(=O)C3CCCCCC3)CC2)nn1. The van der Waals surface area contributed by atoms with Crippen molar-refractivity contribution in [3.8, 4) is 0 Å². The summed E-state index contributed by atoms with van der Waals surface area (Å²) < 4.78 is 7.03. The lowest BCUT2D eigenvalue weighted by atomic mass is 9.96. The number of likely N-dealkylation sites (tertiary alicyclic amines) is 1. The highest BCUT2D eigenvalue weighted by Gasteiger charge is 2.29. The van der Waals surface area contributed by atoms with Gasteiger partial charge in [0, 0.05) is 26.1 Å². The lowest BCUT2D eigenvalue weighted by molar-refractivity contribution is -0.137. The lowest BCUT2D eigenvalue weighted by Gasteiger charge is -2.34. The predicted octanol–water partition coefficient (Wildman–Crippen LogP) is 2.56. The Morgan fingerprint density at radius 2 is 1.87 bits per heavy atom. The Balaban J connectivity index is 1.51. The van der Waals surface area contributed by atoms with Gasteiger partial charge >= 0.3 is 0 Å². The molecular formula is C17H28N4O2. The lowest BCUT2D eigenvalue weighted by Crippen LogP contribution is -2.42. The molecule has 0 atom stereocenters. The van der Waals surface area contributed by atoms with Crippen LogP contribution >= 0.6 is 0 Å². The van der Waals surface area contributed by atoms with Crippen LogP contribution < -0.4 is 0 Å². The minimum Gasteiger partial charge on any atom is -0.378 e. The summed E-state index contributed by atoms with van der Waals surface area (Å²) in [6.07, 6.45) is 11.1. The van der Waals surface area contributed by atoms with Crippen LogP contribution in [0.15, 0.2) is 6.20 Å². The molecule has 1 saturated carbocycles. The van der Waals surface area contributed by atoms with Crippen LogP contribution in [-0.4, -0.2) is 46.0 Å². The Labute approximate surface area is 138 Å². The summed E-state index contributed by atoms with van der Waals surface area (Å²) in [5.41, 5.74) is 0.865. The molecule has 1 aromatic heterocycles. The Morgan fingerprint density at radius 1 is 1.17 bits per heavy atom. The zero-order chi connectivity index (χ0) is 16.1. The number of carbonyl (C=O) groups is 1. The van der Waals surface area contributed by atoms with Gasteiger partial charge in [0.05, 0.1) is 18.8 Å². The largest absolute Gasteiger partial charge is 0.378 e. The number of aromatic nitrogens is 3.